The van der Waals surface area contributed by atoms with Crippen LogP contribution in [0.2, 0.25) is 5.02 Å². The third kappa shape index (κ3) is 3.42. The second-order valence-corrected chi connectivity index (χ2v) is 6.30. The van der Waals surface area contributed by atoms with Crippen LogP contribution in [0.3, 0.4) is 0 Å². The minimum atomic E-state index is -4.00. The molecule has 0 saturated carbocycles. The first kappa shape index (κ1) is 16.4. The van der Waals surface area contributed by atoms with E-state index in [1.807, 2.05) is 0 Å². The largest absolute Gasteiger partial charge is 0.497 e. The van der Waals surface area contributed by atoms with Gasteiger partial charge >= 0.3 is 0 Å². The predicted octanol–water partition coefficient (Wildman–Crippen LogP) is 3.30. The molecule has 22 heavy (non-hydrogen) atoms. The standard InChI is InChI=1S/C14H13ClFNO4S/c1-20-10-4-5-13(21-2)12(8-10)17-22(18,19)14-6-3-9(16)7-11(14)15/h3-8,17H,1-2H3. The lowest BCUT2D eigenvalue weighted by molar-refractivity contribution is 0.405. The Morgan fingerprint density at radius 2 is 1.82 bits per heavy atom. The molecule has 0 radical (unpaired) electrons. The van der Waals surface area contributed by atoms with Gasteiger partial charge in [0, 0.05) is 6.07 Å². The lowest BCUT2D eigenvalue weighted by atomic mass is 10.3. The molecule has 0 aliphatic rings. The van der Waals surface area contributed by atoms with Gasteiger partial charge < -0.3 is 9.47 Å². The highest BCUT2D eigenvalue weighted by atomic mass is 35.5. The van der Waals surface area contributed by atoms with Crippen molar-refractivity contribution in [2.75, 3.05) is 18.9 Å². The van der Waals surface area contributed by atoms with E-state index in [2.05, 4.69) is 4.72 Å². The number of anilines is 1. The monoisotopic (exact) mass is 345 g/mol. The van der Waals surface area contributed by atoms with Crippen LogP contribution in [0.1, 0.15) is 0 Å². The topological polar surface area (TPSA) is 64.6 Å². The number of ether oxygens (including phenoxy) is 2. The van der Waals surface area contributed by atoms with Crippen molar-refractivity contribution in [3.05, 3.63) is 47.2 Å². The van der Waals surface area contributed by atoms with E-state index in [4.69, 9.17) is 21.1 Å². The first-order valence-electron chi connectivity index (χ1n) is 6.07. The summed E-state index contributed by atoms with van der Waals surface area (Å²) in [4.78, 5) is -0.236. The highest BCUT2D eigenvalue weighted by Crippen LogP contribution is 2.32. The van der Waals surface area contributed by atoms with E-state index in [0.29, 0.717) is 11.5 Å². The molecule has 0 spiro atoms. The van der Waals surface area contributed by atoms with Gasteiger partial charge in [-0.25, -0.2) is 12.8 Å². The van der Waals surface area contributed by atoms with E-state index in [-0.39, 0.29) is 15.6 Å². The van der Waals surface area contributed by atoms with Gasteiger partial charge in [0.2, 0.25) is 0 Å². The van der Waals surface area contributed by atoms with Gasteiger partial charge in [-0.2, -0.15) is 0 Å². The summed E-state index contributed by atoms with van der Waals surface area (Å²) in [6.45, 7) is 0. The van der Waals surface area contributed by atoms with E-state index in [1.165, 1.54) is 20.3 Å². The Hall–Kier alpha value is -1.99. The van der Waals surface area contributed by atoms with Crippen molar-refractivity contribution in [3.63, 3.8) is 0 Å². The Balaban J connectivity index is 2.44. The van der Waals surface area contributed by atoms with Crippen molar-refractivity contribution in [1.82, 2.24) is 0 Å². The molecule has 0 aromatic heterocycles. The number of methoxy groups -OCH3 is 2. The zero-order valence-corrected chi connectivity index (χ0v) is 13.3. The molecule has 0 fully saturated rings. The van der Waals surface area contributed by atoms with Crippen molar-refractivity contribution in [2.24, 2.45) is 0 Å². The number of hydrogen-bond donors (Lipinski definition) is 1. The van der Waals surface area contributed by atoms with Crippen LogP contribution in [0.25, 0.3) is 0 Å². The lowest BCUT2D eigenvalue weighted by Crippen LogP contribution is -2.14. The molecule has 8 heteroatoms. The smallest absolute Gasteiger partial charge is 0.263 e. The van der Waals surface area contributed by atoms with E-state index >= 15 is 0 Å². The summed E-state index contributed by atoms with van der Waals surface area (Å²) in [5.74, 6) is 0.134. The van der Waals surface area contributed by atoms with E-state index in [0.717, 1.165) is 18.2 Å². The molecule has 0 heterocycles. The van der Waals surface area contributed by atoms with Crippen LogP contribution in [0.15, 0.2) is 41.3 Å². The second-order valence-electron chi connectivity index (χ2n) is 4.25. The summed E-state index contributed by atoms with van der Waals surface area (Å²) in [7, 11) is -1.14. The molecule has 0 bridgehead atoms. The number of hydrogen-bond acceptors (Lipinski definition) is 4. The van der Waals surface area contributed by atoms with Crippen molar-refractivity contribution in [2.45, 2.75) is 4.90 Å². The molecule has 0 atom stereocenters. The first-order valence-corrected chi connectivity index (χ1v) is 7.93. The summed E-state index contributed by atoms with van der Waals surface area (Å²) < 4.78 is 50.3. The van der Waals surface area contributed by atoms with Crippen LogP contribution in [-0.2, 0) is 10.0 Å². The Morgan fingerprint density at radius 3 is 2.41 bits per heavy atom. The van der Waals surface area contributed by atoms with Crippen LogP contribution in [0, 0.1) is 5.82 Å². The second kappa shape index (κ2) is 6.41. The fourth-order valence-electron chi connectivity index (χ4n) is 1.79. The van der Waals surface area contributed by atoms with Gasteiger partial charge in [-0.15, -0.1) is 0 Å². The normalized spacial score (nSPS) is 11.1. The number of benzene rings is 2. The van der Waals surface area contributed by atoms with Gasteiger partial charge in [0.05, 0.1) is 24.9 Å². The summed E-state index contributed by atoms with van der Waals surface area (Å²) in [5, 5.41) is -0.214. The molecule has 0 unspecified atom stereocenters. The highest BCUT2D eigenvalue weighted by Gasteiger charge is 2.20. The molecular formula is C14H13ClFNO4S. The molecule has 0 saturated heterocycles. The number of rotatable bonds is 5. The first-order chi connectivity index (χ1) is 10.4. The maximum Gasteiger partial charge on any atom is 0.263 e. The number of halogens is 2. The quantitative estimate of drug-likeness (QED) is 0.903. The molecular weight excluding hydrogens is 333 g/mol. The average Bonchev–Trinajstić information content (AvgIpc) is 2.46. The summed E-state index contributed by atoms with van der Waals surface area (Å²) in [6.07, 6.45) is 0. The third-order valence-electron chi connectivity index (χ3n) is 2.83. The lowest BCUT2D eigenvalue weighted by Gasteiger charge is -2.13. The van der Waals surface area contributed by atoms with Crippen LogP contribution in [0.5, 0.6) is 11.5 Å². The Bertz CT molecular complexity index is 795. The molecule has 2 aromatic carbocycles. The fraction of sp³-hybridized carbons (Fsp3) is 0.143. The maximum absolute atomic E-state index is 13.0. The minimum Gasteiger partial charge on any atom is -0.497 e. The number of nitrogens with one attached hydrogen (secondary N) is 1. The fourth-order valence-corrected chi connectivity index (χ4v) is 3.38. The van der Waals surface area contributed by atoms with Crippen molar-refractivity contribution < 1.29 is 22.3 Å². The van der Waals surface area contributed by atoms with Crippen LogP contribution in [0.4, 0.5) is 10.1 Å². The number of sulfonamides is 1. The van der Waals surface area contributed by atoms with Crippen LogP contribution < -0.4 is 14.2 Å². The van der Waals surface area contributed by atoms with Gasteiger partial charge in [0.15, 0.2) is 0 Å². The SMILES string of the molecule is COc1ccc(OC)c(NS(=O)(=O)c2ccc(F)cc2Cl)c1. The van der Waals surface area contributed by atoms with Gasteiger partial charge in [0.25, 0.3) is 10.0 Å². The van der Waals surface area contributed by atoms with E-state index < -0.39 is 15.8 Å². The Labute approximate surface area is 132 Å². The summed E-state index contributed by atoms with van der Waals surface area (Å²) in [6, 6.07) is 7.69. The predicted molar refractivity (Wildman–Crippen MR) is 81.8 cm³/mol. The van der Waals surface area contributed by atoms with Crippen LogP contribution >= 0.6 is 11.6 Å². The maximum atomic E-state index is 13.0. The molecule has 1 N–H and O–H groups in total. The molecule has 0 amide bonds. The van der Waals surface area contributed by atoms with E-state index in [1.54, 1.807) is 12.1 Å². The zero-order valence-electron chi connectivity index (χ0n) is 11.8. The molecule has 2 aromatic rings. The zero-order chi connectivity index (χ0) is 16.3. The van der Waals surface area contributed by atoms with Crippen molar-refractivity contribution in [1.29, 1.82) is 0 Å². The molecule has 118 valence electrons. The van der Waals surface area contributed by atoms with Crippen molar-refractivity contribution >= 4 is 27.3 Å². The summed E-state index contributed by atoms with van der Waals surface area (Å²) in [5.41, 5.74) is 0.183. The molecule has 2 rings (SSSR count). The van der Waals surface area contributed by atoms with Gasteiger partial charge in [-0.05, 0) is 30.3 Å². The highest BCUT2D eigenvalue weighted by molar-refractivity contribution is 7.92. The van der Waals surface area contributed by atoms with Crippen LogP contribution in [-0.4, -0.2) is 22.6 Å². The van der Waals surface area contributed by atoms with E-state index in [9.17, 15) is 12.8 Å². The Morgan fingerprint density at radius 1 is 1.09 bits per heavy atom. The Kier molecular flexibility index (Phi) is 4.77. The molecule has 0 aliphatic heterocycles. The molecule has 5 nitrogen and oxygen atoms in total. The van der Waals surface area contributed by atoms with Gasteiger partial charge in [-0.1, -0.05) is 11.6 Å². The summed E-state index contributed by atoms with van der Waals surface area (Å²) >= 11 is 5.80. The minimum absolute atomic E-state index is 0.183. The van der Waals surface area contributed by atoms with Gasteiger partial charge in [-0.3, -0.25) is 4.72 Å². The van der Waals surface area contributed by atoms with Crippen molar-refractivity contribution in [3.8, 4) is 11.5 Å². The van der Waals surface area contributed by atoms with Gasteiger partial charge in [0.1, 0.15) is 22.2 Å². The molecule has 0 aliphatic carbocycles. The third-order valence-corrected chi connectivity index (χ3v) is 4.68. The average molecular weight is 346 g/mol.